The van der Waals surface area contributed by atoms with Crippen LogP contribution in [-0.4, -0.2) is 19.5 Å². The molecule has 0 amide bonds. The highest BCUT2D eigenvalue weighted by atomic mass is 16.3. The summed E-state index contributed by atoms with van der Waals surface area (Å²) in [4.78, 5) is 15.0. The van der Waals surface area contributed by atoms with Gasteiger partial charge < -0.3 is 8.98 Å². The van der Waals surface area contributed by atoms with Crippen molar-refractivity contribution in [3.8, 4) is 73.2 Å². The van der Waals surface area contributed by atoms with Crippen molar-refractivity contribution < 1.29 is 30.5 Å². The van der Waals surface area contributed by atoms with E-state index in [1.165, 1.54) is 22.8 Å². The number of fused-ring (bicyclic) bond motifs is 6. The third-order valence-electron chi connectivity index (χ3n) is 10.5. The number of nitrogens with zero attached hydrogens (tertiary/aromatic N) is 4. The molecular formula is C57H36N4O. The minimum absolute atomic E-state index is 0.0115. The minimum atomic E-state index is -0.805. The first-order chi connectivity index (χ1) is 38.6. The van der Waals surface area contributed by atoms with E-state index >= 15 is 0 Å². The zero-order chi connectivity index (χ0) is 57.5. The third kappa shape index (κ3) is 6.14. The molecule has 0 aliphatic rings. The molecule has 5 heteroatoms. The fourth-order valence-electron chi connectivity index (χ4n) is 7.57. The lowest BCUT2D eigenvalue weighted by Crippen LogP contribution is -2.04. The van der Waals surface area contributed by atoms with Crippen molar-refractivity contribution in [1.29, 1.82) is 0 Å². The fourth-order valence-corrected chi connectivity index (χ4v) is 7.57. The largest absolute Gasteiger partial charge is 0.456 e. The molecule has 62 heavy (non-hydrogen) atoms. The van der Waals surface area contributed by atoms with Crippen LogP contribution >= 0.6 is 0 Å². The first-order valence-corrected chi connectivity index (χ1v) is 19.3. The standard InChI is InChI=1S/C57H36N4O/c1-4-15-37(16-5-1)40-21-14-22-44(33-40)56-58-55(39-19-8-3-9-20-39)59-57(60-56)48-31-28-42(43-27-30-47-46-24-11-13-26-53(46)62-54(47)36-43)35-52(48)61-50-25-12-10-23-45(50)49-34-41(29-32-51(49)61)38-17-6-2-7-18-38/h1-36H/i2D,6D,7D,10D,11D,12D,13D,17D,18D,23D,24D,25D,26D,27D,29D,30D,32D,34D,36D. The lowest BCUT2D eigenvalue weighted by Gasteiger charge is -2.17. The van der Waals surface area contributed by atoms with Crippen LogP contribution in [0.2, 0.25) is 0 Å². The van der Waals surface area contributed by atoms with E-state index in [1.807, 2.05) is 54.6 Å². The Morgan fingerprint density at radius 1 is 0.371 bits per heavy atom. The summed E-state index contributed by atoms with van der Waals surface area (Å²) in [5.41, 5.74) is -0.0804. The number of rotatable bonds is 7. The van der Waals surface area contributed by atoms with Crippen molar-refractivity contribution in [2.24, 2.45) is 0 Å². The first-order valence-electron chi connectivity index (χ1n) is 28.8. The van der Waals surface area contributed by atoms with Crippen molar-refractivity contribution in [1.82, 2.24) is 19.5 Å². The molecule has 12 aromatic rings. The maximum Gasteiger partial charge on any atom is 0.166 e. The van der Waals surface area contributed by atoms with Gasteiger partial charge in [-0.2, -0.15) is 0 Å². The maximum absolute atomic E-state index is 9.86. The van der Waals surface area contributed by atoms with Gasteiger partial charge in [0.25, 0.3) is 0 Å². The molecule has 12 rings (SSSR count). The molecule has 5 nitrogen and oxygen atoms in total. The Morgan fingerprint density at radius 3 is 1.82 bits per heavy atom. The van der Waals surface area contributed by atoms with E-state index in [1.54, 1.807) is 30.3 Å². The molecule has 0 N–H and O–H groups in total. The Hall–Kier alpha value is -8.41. The molecule has 0 saturated heterocycles. The maximum atomic E-state index is 9.86. The normalized spacial score (nSPS) is 15.8. The highest BCUT2D eigenvalue weighted by Gasteiger charge is 2.21. The van der Waals surface area contributed by atoms with Crippen LogP contribution in [0.15, 0.2) is 222 Å². The van der Waals surface area contributed by atoms with E-state index in [0.717, 1.165) is 11.1 Å². The lowest BCUT2D eigenvalue weighted by atomic mass is 9.99. The van der Waals surface area contributed by atoms with Gasteiger partial charge in [0.05, 0.1) is 42.8 Å². The Kier molecular flexibility index (Phi) is 5.03. The van der Waals surface area contributed by atoms with Crippen LogP contribution in [0, 0.1) is 0 Å². The summed E-state index contributed by atoms with van der Waals surface area (Å²) in [6.45, 7) is 0. The van der Waals surface area contributed by atoms with Gasteiger partial charge in [0, 0.05) is 38.2 Å². The Balaban J connectivity index is 1.25. The van der Waals surface area contributed by atoms with E-state index in [4.69, 9.17) is 34.4 Å². The SMILES string of the molecule is [2H]c1c([2H])c([2H])c(-c2c([2H])c([2H])c3c(c2[2H])c2c([2H])c([2H])c([2H])c([2H])c2n3-c2cc(-c3c([2H])c([2H])c4c(oc5c([2H])c([2H])c([2H])c([2H])c54)c3[2H])ccc2-c2nc(-c3ccccc3)nc(-c3cccc(-c4ccccc4)c3)n2)c([2H])c1[2H]. The third-order valence-corrected chi connectivity index (χ3v) is 10.5. The second kappa shape index (κ2) is 14.7. The van der Waals surface area contributed by atoms with Gasteiger partial charge in [0.15, 0.2) is 17.5 Å². The number of benzene rings is 9. The number of hydrogen-bond acceptors (Lipinski definition) is 4. The number of hydrogen-bond donors (Lipinski definition) is 0. The molecule has 0 bridgehead atoms. The van der Waals surface area contributed by atoms with E-state index in [9.17, 15) is 11.0 Å². The minimum Gasteiger partial charge on any atom is -0.456 e. The van der Waals surface area contributed by atoms with Gasteiger partial charge in [-0.25, -0.2) is 15.0 Å². The van der Waals surface area contributed by atoms with Gasteiger partial charge in [-0.15, -0.1) is 0 Å². The Labute approximate surface area is 384 Å². The van der Waals surface area contributed by atoms with Crippen molar-refractivity contribution >= 4 is 43.7 Å². The quantitative estimate of drug-likeness (QED) is 0.161. The molecule has 9 aromatic carbocycles. The van der Waals surface area contributed by atoms with Gasteiger partial charge in [-0.1, -0.05) is 163 Å². The predicted molar refractivity (Wildman–Crippen MR) is 254 cm³/mol. The average molecular weight is 812 g/mol. The van der Waals surface area contributed by atoms with Crippen molar-refractivity contribution in [2.75, 3.05) is 0 Å². The zero-order valence-electron chi connectivity index (χ0n) is 51.0. The van der Waals surface area contributed by atoms with Crippen molar-refractivity contribution in [2.45, 2.75) is 0 Å². The molecule has 0 fully saturated rings. The van der Waals surface area contributed by atoms with E-state index < -0.39 is 126 Å². The summed E-state index contributed by atoms with van der Waals surface area (Å²) in [6.07, 6.45) is 0. The van der Waals surface area contributed by atoms with Gasteiger partial charge in [0.1, 0.15) is 11.2 Å². The first kappa shape index (κ1) is 21.2. The Morgan fingerprint density at radius 2 is 0.984 bits per heavy atom. The van der Waals surface area contributed by atoms with Crippen molar-refractivity contribution in [3.63, 3.8) is 0 Å². The smallest absolute Gasteiger partial charge is 0.166 e. The molecule has 0 radical (unpaired) electrons. The van der Waals surface area contributed by atoms with Gasteiger partial charge in [-0.3, -0.25) is 0 Å². The van der Waals surface area contributed by atoms with E-state index in [2.05, 4.69) is 0 Å². The van der Waals surface area contributed by atoms with Gasteiger partial charge in [0.2, 0.25) is 0 Å². The van der Waals surface area contributed by atoms with E-state index in [-0.39, 0.29) is 83.6 Å². The molecule has 0 unspecified atom stereocenters. The second-order valence-corrected chi connectivity index (χ2v) is 14.1. The van der Waals surface area contributed by atoms with Gasteiger partial charge >= 0.3 is 0 Å². The molecule has 290 valence electrons. The fraction of sp³-hybridized carbons (Fsp3) is 0. The second-order valence-electron chi connectivity index (χ2n) is 14.1. The highest BCUT2D eigenvalue weighted by molar-refractivity contribution is 6.11. The van der Waals surface area contributed by atoms with Crippen LogP contribution in [-0.2, 0) is 0 Å². The molecule has 0 spiro atoms. The summed E-state index contributed by atoms with van der Waals surface area (Å²) in [6, 6.07) is 17.3. The lowest BCUT2D eigenvalue weighted by molar-refractivity contribution is 0.669. The molecule has 0 aliphatic heterocycles. The highest BCUT2D eigenvalue weighted by Crippen LogP contribution is 2.41. The van der Waals surface area contributed by atoms with E-state index in [0.29, 0.717) is 11.1 Å². The van der Waals surface area contributed by atoms with Crippen molar-refractivity contribution in [3.05, 3.63) is 218 Å². The molecular weight excluding hydrogens is 757 g/mol. The summed E-state index contributed by atoms with van der Waals surface area (Å²) in [5, 5.41) is -1.14. The van der Waals surface area contributed by atoms with Crippen LogP contribution in [0.5, 0.6) is 0 Å². The molecule has 0 aliphatic carbocycles. The molecule has 3 aromatic heterocycles. The predicted octanol–water partition coefficient (Wildman–Crippen LogP) is 14.9. The van der Waals surface area contributed by atoms with Crippen LogP contribution < -0.4 is 0 Å². The average Bonchev–Trinajstić information content (AvgIpc) is 2.67. The molecule has 0 atom stereocenters. The number of furan rings is 1. The van der Waals surface area contributed by atoms with Gasteiger partial charge in [-0.05, 0) is 87.8 Å². The Bertz CT molecular complexity index is 4730. The monoisotopic (exact) mass is 811 g/mol. The summed E-state index contributed by atoms with van der Waals surface area (Å²) in [5.74, 6) is 0.291. The number of aromatic nitrogens is 4. The van der Waals surface area contributed by atoms with Crippen LogP contribution in [0.1, 0.15) is 26.0 Å². The molecule has 0 saturated carbocycles. The van der Waals surface area contributed by atoms with Crippen LogP contribution in [0.25, 0.3) is 117 Å². The summed E-state index contributed by atoms with van der Waals surface area (Å²) in [7, 11) is 0. The van der Waals surface area contributed by atoms with Crippen LogP contribution in [0.3, 0.4) is 0 Å². The van der Waals surface area contributed by atoms with Crippen LogP contribution in [0.4, 0.5) is 0 Å². The molecule has 3 heterocycles. The topological polar surface area (TPSA) is 56.7 Å². The summed E-state index contributed by atoms with van der Waals surface area (Å²) >= 11 is 0. The zero-order valence-corrected chi connectivity index (χ0v) is 32.0. The number of para-hydroxylation sites is 2. The summed E-state index contributed by atoms with van der Waals surface area (Å²) < 4.78 is 179.